The molecule has 0 saturated heterocycles. The first-order valence-corrected chi connectivity index (χ1v) is 7.75. The van der Waals surface area contributed by atoms with Crippen LogP contribution in [0, 0.1) is 5.92 Å². The van der Waals surface area contributed by atoms with Gasteiger partial charge in [-0.2, -0.15) is 0 Å². The molecule has 1 N–H and O–H groups in total. The van der Waals surface area contributed by atoms with Crippen molar-refractivity contribution in [3.8, 4) is 0 Å². The first-order valence-electron chi connectivity index (χ1n) is 7.37. The van der Waals surface area contributed by atoms with E-state index in [1.807, 2.05) is 24.4 Å². The van der Waals surface area contributed by atoms with Crippen LogP contribution >= 0.6 is 11.6 Å². The van der Waals surface area contributed by atoms with Crippen LogP contribution in [0.15, 0.2) is 30.5 Å². The van der Waals surface area contributed by atoms with E-state index in [1.54, 1.807) is 0 Å². The van der Waals surface area contributed by atoms with Crippen LogP contribution in [-0.4, -0.2) is 11.0 Å². The Bertz CT molecular complexity index is 568. The van der Waals surface area contributed by atoms with Crippen molar-refractivity contribution in [1.82, 2.24) is 10.3 Å². The first-order chi connectivity index (χ1) is 9.61. The van der Waals surface area contributed by atoms with Crippen LogP contribution < -0.4 is 5.32 Å². The summed E-state index contributed by atoms with van der Waals surface area (Å²) in [6, 6.07) is 8.50. The van der Waals surface area contributed by atoms with E-state index in [0.29, 0.717) is 6.04 Å². The first kappa shape index (κ1) is 15.3. The Morgan fingerprint density at radius 2 is 2.05 bits per heavy atom. The summed E-state index contributed by atoms with van der Waals surface area (Å²) < 4.78 is 0. The van der Waals surface area contributed by atoms with Gasteiger partial charge in [-0.25, -0.2) is 0 Å². The van der Waals surface area contributed by atoms with Gasteiger partial charge in [0.15, 0.2) is 0 Å². The summed E-state index contributed by atoms with van der Waals surface area (Å²) in [5, 5.41) is 5.39. The fourth-order valence-electron chi connectivity index (χ4n) is 2.48. The lowest BCUT2D eigenvalue weighted by atomic mass is 10.00. The minimum absolute atomic E-state index is 0.513. The number of nitrogens with zero attached hydrogens (tertiary/aromatic N) is 1. The van der Waals surface area contributed by atoms with E-state index in [4.69, 9.17) is 11.6 Å². The highest BCUT2D eigenvalue weighted by Crippen LogP contribution is 2.24. The largest absolute Gasteiger partial charge is 0.310 e. The van der Waals surface area contributed by atoms with Gasteiger partial charge < -0.3 is 5.32 Å². The van der Waals surface area contributed by atoms with Gasteiger partial charge in [0.05, 0.1) is 5.52 Å². The van der Waals surface area contributed by atoms with Gasteiger partial charge in [-0.1, -0.05) is 37.9 Å². The van der Waals surface area contributed by atoms with Crippen LogP contribution in [0.5, 0.6) is 0 Å². The number of aromatic nitrogens is 1. The van der Waals surface area contributed by atoms with Crippen LogP contribution in [0.25, 0.3) is 10.9 Å². The second kappa shape index (κ2) is 7.05. The summed E-state index contributed by atoms with van der Waals surface area (Å²) in [4.78, 5) is 4.47. The van der Waals surface area contributed by atoms with Gasteiger partial charge in [0.2, 0.25) is 0 Å². The number of pyridine rings is 1. The molecule has 0 aliphatic rings. The minimum Gasteiger partial charge on any atom is -0.310 e. The molecule has 3 heteroatoms. The molecule has 1 aromatic heterocycles. The summed E-state index contributed by atoms with van der Waals surface area (Å²) in [5.41, 5.74) is 2.21. The van der Waals surface area contributed by atoms with Gasteiger partial charge in [-0.15, -0.1) is 0 Å². The lowest BCUT2D eigenvalue weighted by molar-refractivity contribution is 0.412. The number of halogens is 1. The molecular weight excluding hydrogens is 268 g/mol. The zero-order valence-electron chi connectivity index (χ0n) is 12.5. The number of fused-ring (bicyclic) bond motifs is 1. The molecule has 0 bridgehead atoms. The monoisotopic (exact) mass is 290 g/mol. The summed E-state index contributed by atoms with van der Waals surface area (Å²) in [6.07, 6.45) is 4.26. The fourth-order valence-corrected chi connectivity index (χ4v) is 2.69. The fraction of sp³-hybridized carbons (Fsp3) is 0.471. The molecule has 2 rings (SSSR count). The van der Waals surface area contributed by atoms with Crippen LogP contribution in [0.3, 0.4) is 0 Å². The Balaban J connectivity index is 2.09. The lowest BCUT2D eigenvalue weighted by Gasteiger charge is -2.18. The maximum Gasteiger partial charge on any atom is 0.0761 e. The minimum atomic E-state index is 0.513. The normalized spacial score (nSPS) is 14.4. The molecule has 0 spiro atoms. The third-order valence-corrected chi connectivity index (χ3v) is 4.22. The number of nitrogens with one attached hydrogen (secondary N) is 1. The van der Waals surface area contributed by atoms with E-state index in [1.165, 1.54) is 18.4 Å². The van der Waals surface area contributed by atoms with E-state index in [2.05, 4.69) is 37.1 Å². The van der Waals surface area contributed by atoms with Crippen molar-refractivity contribution in [1.29, 1.82) is 0 Å². The zero-order valence-corrected chi connectivity index (χ0v) is 13.2. The Morgan fingerprint density at radius 1 is 1.25 bits per heavy atom. The molecule has 108 valence electrons. The number of benzene rings is 1. The number of rotatable bonds is 6. The molecule has 0 aliphatic carbocycles. The Morgan fingerprint density at radius 3 is 2.80 bits per heavy atom. The average molecular weight is 291 g/mol. The zero-order chi connectivity index (χ0) is 14.5. The SMILES string of the molecule is CCC(C)CC(C)NCc1ccc(Cl)c2cccnc12. The molecule has 0 amide bonds. The van der Waals surface area contributed by atoms with E-state index in [-0.39, 0.29) is 0 Å². The van der Waals surface area contributed by atoms with E-state index >= 15 is 0 Å². The molecule has 0 saturated carbocycles. The van der Waals surface area contributed by atoms with Crippen molar-refractivity contribution in [3.63, 3.8) is 0 Å². The summed E-state index contributed by atoms with van der Waals surface area (Å²) in [6.45, 7) is 7.63. The predicted molar refractivity (Wildman–Crippen MR) is 87.1 cm³/mol. The molecule has 1 heterocycles. The van der Waals surface area contributed by atoms with Crippen molar-refractivity contribution in [3.05, 3.63) is 41.0 Å². The van der Waals surface area contributed by atoms with Crippen LogP contribution in [-0.2, 0) is 6.54 Å². The van der Waals surface area contributed by atoms with Gasteiger partial charge in [-0.3, -0.25) is 4.98 Å². The quantitative estimate of drug-likeness (QED) is 0.826. The van der Waals surface area contributed by atoms with Crippen molar-refractivity contribution in [2.75, 3.05) is 0 Å². The summed E-state index contributed by atoms with van der Waals surface area (Å²) in [5.74, 6) is 0.762. The molecule has 0 aliphatic heterocycles. The number of hydrogen-bond acceptors (Lipinski definition) is 2. The molecule has 2 nitrogen and oxygen atoms in total. The topological polar surface area (TPSA) is 24.9 Å². The maximum atomic E-state index is 6.22. The maximum absolute atomic E-state index is 6.22. The van der Waals surface area contributed by atoms with E-state index in [9.17, 15) is 0 Å². The summed E-state index contributed by atoms with van der Waals surface area (Å²) >= 11 is 6.22. The van der Waals surface area contributed by atoms with Crippen molar-refractivity contribution in [2.24, 2.45) is 5.92 Å². The number of hydrogen-bond donors (Lipinski definition) is 1. The highest BCUT2D eigenvalue weighted by molar-refractivity contribution is 6.35. The standard InChI is InChI=1S/C17H23ClN2/c1-4-12(2)10-13(3)20-11-14-7-8-16(18)15-6-5-9-19-17(14)15/h5-9,12-13,20H,4,10-11H2,1-3H3. The Hall–Kier alpha value is -1.12. The van der Waals surface area contributed by atoms with Gasteiger partial charge in [0.25, 0.3) is 0 Å². The van der Waals surface area contributed by atoms with Gasteiger partial charge >= 0.3 is 0 Å². The van der Waals surface area contributed by atoms with E-state index < -0.39 is 0 Å². The highest BCUT2D eigenvalue weighted by Gasteiger charge is 2.09. The second-order valence-electron chi connectivity index (χ2n) is 5.64. The van der Waals surface area contributed by atoms with Crippen molar-refractivity contribution >= 4 is 22.5 Å². The van der Waals surface area contributed by atoms with Gasteiger partial charge in [-0.05, 0) is 43.0 Å². The molecular formula is C17H23ClN2. The summed E-state index contributed by atoms with van der Waals surface area (Å²) in [7, 11) is 0. The van der Waals surface area contributed by atoms with Crippen LogP contribution in [0.2, 0.25) is 5.02 Å². The van der Waals surface area contributed by atoms with Gasteiger partial charge in [0.1, 0.15) is 0 Å². The molecule has 2 aromatic rings. The Kier molecular flexibility index (Phi) is 5.38. The second-order valence-corrected chi connectivity index (χ2v) is 6.04. The van der Waals surface area contributed by atoms with Crippen LogP contribution in [0.4, 0.5) is 0 Å². The molecule has 2 atom stereocenters. The van der Waals surface area contributed by atoms with Crippen molar-refractivity contribution in [2.45, 2.75) is 46.2 Å². The third-order valence-electron chi connectivity index (χ3n) is 3.89. The third kappa shape index (κ3) is 3.71. The molecule has 0 radical (unpaired) electrons. The van der Waals surface area contributed by atoms with Crippen LogP contribution in [0.1, 0.15) is 39.2 Å². The molecule has 0 fully saturated rings. The highest BCUT2D eigenvalue weighted by atomic mass is 35.5. The van der Waals surface area contributed by atoms with Crippen molar-refractivity contribution < 1.29 is 0 Å². The Labute approximate surface area is 126 Å². The smallest absolute Gasteiger partial charge is 0.0761 e. The molecule has 2 unspecified atom stereocenters. The average Bonchev–Trinajstić information content (AvgIpc) is 2.46. The predicted octanol–water partition coefficient (Wildman–Crippen LogP) is 4.80. The lowest BCUT2D eigenvalue weighted by Crippen LogP contribution is -2.27. The van der Waals surface area contributed by atoms with E-state index in [0.717, 1.165) is 28.4 Å². The van der Waals surface area contributed by atoms with Gasteiger partial charge in [0, 0.05) is 29.2 Å². The molecule has 1 aromatic carbocycles. The molecule has 20 heavy (non-hydrogen) atoms.